The van der Waals surface area contributed by atoms with Gasteiger partial charge in [-0.25, -0.2) is 0 Å². The molecule has 0 heterocycles. The molecule has 0 fully saturated rings. The van der Waals surface area contributed by atoms with Crippen LogP contribution in [0.2, 0.25) is 5.02 Å². The third-order valence-corrected chi connectivity index (χ3v) is 5.24. The van der Waals surface area contributed by atoms with Gasteiger partial charge in [0.15, 0.2) is 0 Å². The van der Waals surface area contributed by atoms with Crippen LogP contribution >= 0.6 is 23.4 Å². The molecule has 128 valence electrons. The molecule has 0 aliphatic carbocycles. The summed E-state index contributed by atoms with van der Waals surface area (Å²) in [6, 6.07) is 14.3. The Morgan fingerprint density at radius 2 is 1.75 bits per heavy atom. The van der Waals surface area contributed by atoms with Crippen molar-refractivity contribution in [1.29, 1.82) is 0 Å². The molecule has 2 nitrogen and oxygen atoms in total. The number of thioether (sulfide) groups is 1. The van der Waals surface area contributed by atoms with Gasteiger partial charge in [0, 0.05) is 29.5 Å². The highest BCUT2D eigenvalue weighted by Crippen LogP contribution is 2.15. The monoisotopic (exact) mass is 361 g/mol. The molecule has 0 aliphatic rings. The number of amides is 1. The highest BCUT2D eigenvalue weighted by atomic mass is 35.5. The van der Waals surface area contributed by atoms with Crippen molar-refractivity contribution < 1.29 is 4.79 Å². The molecule has 1 amide bonds. The molecule has 2 rings (SSSR count). The number of hydrogen-bond donors (Lipinski definition) is 1. The third-order valence-electron chi connectivity index (χ3n) is 3.96. The fourth-order valence-corrected chi connectivity index (χ4v) is 3.28. The number of hydrogen-bond acceptors (Lipinski definition) is 2. The summed E-state index contributed by atoms with van der Waals surface area (Å²) in [6.07, 6.45) is 1.34. The summed E-state index contributed by atoms with van der Waals surface area (Å²) < 4.78 is 0. The molecule has 0 saturated heterocycles. The molecule has 2 aromatic carbocycles. The van der Waals surface area contributed by atoms with Crippen LogP contribution in [-0.2, 0) is 17.0 Å². The minimum Gasteiger partial charge on any atom is -0.355 e. The van der Waals surface area contributed by atoms with Gasteiger partial charge in [0.2, 0.25) is 5.91 Å². The van der Waals surface area contributed by atoms with E-state index in [2.05, 4.69) is 37.4 Å². The Bertz CT molecular complexity index is 670. The van der Waals surface area contributed by atoms with Crippen molar-refractivity contribution in [2.45, 2.75) is 32.4 Å². The zero-order valence-corrected chi connectivity index (χ0v) is 15.8. The van der Waals surface area contributed by atoms with Crippen molar-refractivity contribution in [2.24, 2.45) is 0 Å². The smallest absolute Gasteiger partial charge is 0.220 e. The highest BCUT2D eigenvalue weighted by molar-refractivity contribution is 7.98. The van der Waals surface area contributed by atoms with Crippen molar-refractivity contribution in [3.63, 3.8) is 0 Å². The van der Waals surface area contributed by atoms with E-state index in [1.165, 1.54) is 22.3 Å². The lowest BCUT2D eigenvalue weighted by Crippen LogP contribution is -2.25. The van der Waals surface area contributed by atoms with E-state index in [0.717, 1.165) is 22.9 Å². The summed E-state index contributed by atoms with van der Waals surface area (Å²) >= 11 is 7.68. The van der Waals surface area contributed by atoms with E-state index in [0.29, 0.717) is 13.0 Å². The molecular formula is C20H24ClNOS. The van der Waals surface area contributed by atoms with Crippen molar-refractivity contribution in [3.8, 4) is 0 Å². The zero-order chi connectivity index (χ0) is 17.4. The van der Waals surface area contributed by atoms with Crippen LogP contribution in [0.1, 0.15) is 28.7 Å². The van der Waals surface area contributed by atoms with Gasteiger partial charge in [-0.1, -0.05) is 41.9 Å². The number of carbonyl (C=O) groups excluding carboxylic acids is 1. The Kier molecular flexibility index (Phi) is 7.67. The van der Waals surface area contributed by atoms with Crippen LogP contribution in [0.15, 0.2) is 42.5 Å². The van der Waals surface area contributed by atoms with Gasteiger partial charge in [0.25, 0.3) is 0 Å². The van der Waals surface area contributed by atoms with E-state index in [4.69, 9.17) is 11.6 Å². The molecule has 0 aliphatic heterocycles. The molecule has 24 heavy (non-hydrogen) atoms. The Labute approximate surface area is 154 Å². The predicted octanol–water partition coefficient (Wildman–Crippen LogP) is 4.94. The molecule has 0 spiro atoms. The van der Waals surface area contributed by atoms with E-state index in [1.807, 2.05) is 36.0 Å². The number of benzene rings is 2. The molecule has 0 bridgehead atoms. The fourth-order valence-electron chi connectivity index (χ4n) is 2.34. The second-order valence-electron chi connectivity index (χ2n) is 5.95. The summed E-state index contributed by atoms with van der Waals surface area (Å²) in [4.78, 5) is 11.9. The lowest BCUT2D eigenvalue weighted by Gasteiger charge is -2.07. The fraction of sp³-hybridized carbons (Fsp3) is 0.350. The molecule has 0 unspecified atom stereocenters. The Morgan fingerprint density at radius 3 is 2.46 bits per heavy atom. The molecule has 2 aromatic rings. The Hall–Kier alpha value is -1.45. The molecule has 1 N–H and O–H groups in total. The van der Waals surface area contributed by atoms with Crippen LogP contribution in [-0.4, -0.2) is 18.2 Å². The van der Waals surface area contributed by atoms with Gasteiger partial charge < -0.3 is 5.32 Å². The molecule has 0 saturated carbocycles. The largest absolute Gasteiger partial charge is 0.355 e. The van der Waals surface area contributed by atoms with Crippen molar-refractivity contribution in [1.82, 2.24) is 5.32 Å². The Balaban J connectivity index is 1.59. The van der Waals surface area contributed by atoms with Gasteiger partial charge in [-0.15, -0.1) is 0 Å². The number of halogens is 1. The zero-order valence-electron chi connectivity index (χ0n) is 14.3. The standard InChI is InChI=1S/C20H24ClNOS/c1-15-3-4-17(13-16(15)2)7-10-20(23)22-11-12-24-14-18-5-8-19(21)9-6-18/h3-6,8-9,13H,7,10-12,14H2,1-2H3,(H,22,23). The first-order valence-electron chi connectivity index (χ1n) is 8.19. The van der Waals surface area contributed by atoms with E-state index in [-0.39, 0.29) is 5.91 Å². The second kappa shape index (κ2) is 9.75. The lowest BCUT2D eigenvalue weighted by atomic mass is 10.0. The van der Waals surface area contributed by atoms with Gasteiger partial charge in [-0.05, 0) is 54.7 Å². The molecular weight excluding hydrogens is 338 g/mol. The maximum atomic E-state index is 11.9. The van der Waals surface area contributed by atoms with Crippen LogP contribution in [0.3, 0.4) is 0 Å². The van der Waals surface area contributed by atoms with Crippen molar-refractivity contribution in [3.05, 3.63) is 69.7 Å². The maximum Gasteiger partial charge on any atom is 0.220 e. The van der Waals surface area contributed by atoms with E-state index in [1.54, 1.807) is 0 Å². The van der Waals surface area contributed by atoms with E-state index >= 15 is 0 Å². The number of nitrogens with one attached hydrogen (secondary N) is 1. The highest BCUT2D eigenvalue weighted by Gasteiger charge is 2.03. The van der Waals surface area contributed by atoms with E-state index < -0.39 is 0 Å². The first-order chi connectivity index (χ1) is 11.5. The minimum absolute atomic E-state index is 0.125. The molecule has 0 radical (unpaired) electrons. The predicted molar refractivity (Wildman–Crippen MR) is 105 cm³/mol. The maximum absolute atomic E-state index is 11.9. The third kappa shape index (κ3) is 6.58. The quantitative estimate of drug-likeness (QED) is 0.675. The van der Waals surface area contributed by atoms with Crippen molar-refractivity contribution in [2.75, 3.05) is 12.3 Å². The number of carbonyl (C=O) groups is 1. The summed E-state index contributed by atoms with van der Waals surface area (Å²) in [5.41, 5.74) is 5.06. The Morgan fingerprint density at radius 1 is 1.04 bits per heavy atom. The van der Waals surface area contributed by atoms with Crippen LogP contribution < -0.4 is 5.32 Å². The van der Waals surface area contributed by atoms with Crippen LogP contribution in [0, 0.1) is 13.8 Å². The van der Waals surface area contributed by atoms with Gasteiger partial charge in [-0.3, -0.25) is 4.79 Å². The van der Waals surface area contributed by atoms with Gasteiger partial charge in [-0.2, -0.15) is 11.8 Å². The molecule has 4 heteroatoms. The number of aryl methyl sites for hydroxylation is 3. The second-order valence-corrected chi connectivity index (χ2v) is 7.49. The van der Waals surface area contributed by atoms with Crippen LogP contribution in [0.4, 0.5) is 0 Å². The lowest BCUT2D eigenvalue weighted by molar-refractivity contribution is -0.120. The molecule has 0 aromatic heterocycles. The van der Waals surface area contributed by atoms with Gasteiger partial charge >= 0.3 is 0 Å². The topological polar surface area (TPSA) is 29.1 Å². The van der Waals surface area contributed by atoms with Gasteiger partial charge in [0.05, 0.1) is 0 Å². The van der Waals surface area contributed by atoms with E-state index in [9.17, 15) is 4.79 Å². The number of rotatable bonds is 8. The summed E-state index contributed by atoms with van der Waals surface area (Å²) in [5.74, 6) is 1.98. The summed E-state index contributed by atoms with van der Waals surface area (Å²) in [5, 5.41) is 3.76. The first-order valence-corrected chi connectivity index (χ1v) is 9.73. The summed E-state index contributed by atoms with van der Waals surface area (Å²) in [6.45, 7) is 4.92. The van der Waals surface area contributed by atoms with Crippen molar-refractivity contribution >= 4 is 29.3 Å². The summed E-state index contributed by atoms with van der Waals surface area (Å²) in [7, 11) is 0. The average Bonchev–Trinajstić information content (AvgIpc) is 2.57. The molecule has 0 atom stereocenters. The average molecular weight is 362 g/mol. The minimum atomic E-state index is 0.125. The van der Waals surface area contributed by atoms with Crippen LogP contribution in [0.5, 0.6) is 0 Å². The SMILES string of the molecule is Cc1ccc(CCC(=O)NCCSCc2ccc(Cl)cc2)cc1C. The van der Waals surface area contributed by atoms with Gasteiger partial charge in [0.1, 0.15) is 0 Å². The normalized spacial score (nSPS) is 10.6. The van der Waals surface area contributed by atoms with Crippen LogP contribution in [0.25, 0.3) is 0 Å². The first kappa shape index (κ1) is 18.9.